The van der Waals surface area contributed by atoms with E-state index in [0.29, 0.717) is 30.3 Å². The molecule has 1 aromatic carbocycles. The summed E-state index contributed by atoms with van der Waals surface area (Å²) in [4.78, 5) is 23.6. The van der Waals surface area contributed by atoms with Crippen molar-refractivity contribution in [3.8, 4) is 11.4 Å². The van der Waals surface area contributed by atoms with E-state index in [-0.39, 0.29) is 5.91 Å². The van der Waals surface area contributed by atoms with Gasteiger partial charge < -0.3 is 15.4 Å². The van der Waals surface area contributed by atoms with Crippen LogP contribution in [0.2, 0.25) is 0 Å². The molecule has 9 nitrogen and oxygen atoms in total. The van der Waals surface area contributed by atoms with Crippen molar-refractivity contribution >= 4 is 17.7 Å². The molecule has 0 saturated carbocycles. The Bertz CT molecular complexity index is 837. The number of hydrogen-bond donors (Lipinski definition) is 2. The summed E-state index contributed by atoms with van der Waals surface area (Å²) >= 11 is 0. The first kappa shape index (κ1) is 22.2. The lowest BCUT2D eigenvalue weighted by atomic mass is 9.95. The third-order valence-corrected chi connectivity index (χ3v) is 3.62. The largest absolute Gasteiger partial charge is 0.444 e. The van der Waals surface area contributed by atoms with Crippen LogP contribution in [0.4, 0.5) is 10.5 Å². The van der Waals surface area contributed by atoms with Crippen LogP contribution < -0.4 is 10.6 Å². The number of amides is 2. The van der Waals surface area contributed by atoms with E-state index in [1.54, 1.807) is 45.0 Å². The summed E-state index contributed by atoms with van der Waals surface area (Å²) < 4.78 is 5.16. The van der Waals surface area contributed by atoms with Crippen molar-refractivity contribution in [1.29, 1.82) is 0 Å². The first-order chi connectivity index (χ1) is 13.4. The predicted molar refractivity (Wildman–Crippen MR) is 109 cm³/mol. The topological polar surface area (TPSA) is 119 Å². The molecule has 29 heavy (non-hydrogen) atoms. The van der Waals surface area contributed by atoms with Crippen molar-refractivity contribution < 1.29 is 14.3 Å². The lowest BCUT2D eigenvalue weighted by Crippen LogP contribution is -2.33. The Labute approximate surface area is 170 Å². The van der Waals surface area contributed by atoms with Gasteiger partial charge in [-0.05, 0) is 45.0 Å². The van der Waals surface area contributed by atoms with Gasteiger partial charge in [0.2, 0.25) is 11.7 Å². The number of benzene rings is 1. The SMILES string of the molecule is CC(C)(C)OC(=O)NCCc1nnc(-c2ccc(NC(=O)C(C)(C)C)cc2)nn1. The van der Waals surface area contributed by atoms with E-state index in [0.717, 1.165) is 5.56 Å². The van der Waals surface area contributed by atoms with Crippen LogP contribution in [0.3, 0.4) is 0 Å². The molecule has 0 radical (unpaired) electrons. The molecule has 0 aliphatic rings. The van der Waals surface area contributed by atoms with Gasteiger partial charge in [-0.15, -0.1) is 20.4 Å². The van der Waals surface area contributed by atoms with Crippen LogP contribution in [0, 0.1) is 5.41 Å². The van der Waals surface area contributed by atoms with Crippen molar-refractivity contribution in [1.82, 2.24) is 25.7 Å². The summed E-state index contributed by atoms with van der Waals surface area (Å²) in [5.74, 6) is 0.732. The number of hydrogen-bond acceptors (Lipinski definition) is 7. The van der Waals surface area contributed by atoms with Gasteiger partial charge in [0.05, 0.1) is 0 Å². The standard InChI is InChI=1S/C20H28N6O3/c1-19(2,3)17(27)22-14-9-7-13(8-10-14)16-25-23-15(24-26-16)11-12-21-18(28)29-20(4,5)6/h7-10H,11-12H2,1-6H3,(H,21,28)(H,22,27). The highest BCUT2D eigenvalue weighted by atomic mass is 16.6. The molecular weight excluding hydrogens is 372 g/mol. The zero-order chi connectivity index (χ0) is 21.7. The van der Waals surface area contributed by atoms with Gasteiger partial charge in [-0.25, -0.2) is 4.79 Å². The molecule has 0 aliphatic heterocycles. The molecule has 2 amide bonds. The highest BCUT2D eigenvalue weighted by Crippen LogP contribution is 2.20. The minimum Gasteiger partial charge on any atom is -0.444 e. The Kier molecular flexibility index (Phi) is 6.84. The van der Waals surface area contributed by atoms with Crippen molar-refractivity contribution in [3.05, 3.63) is 30.1 Å². The van der Waals surface area contributed by atoms with Gasteiger partial charge in [0, 0.05) is 29.6 Å². The van der Waals surface area contributed by atoms with Crippen LogP contribution in [0.25, 0.3) is 11.4 Å². The third-order valence-electron chi connectivity index (χ3n) is 3.62. The molecule has 0 aliphatic carbocycles. The molecule has 0 fully saturated rings. The number of alkyl carbamates (subject to hydrolysis) is 1. The Morgan fingerprint density at radius 1 is 0.931 bits per heavy atom. The van der Waals surface area contributed by atoms with Gasteiger partial charge in [0.1, 0.15) is 5.60 Å². The maximum absolute atomic E-state index is 12.0. The number of rotatable bonds is 5. The normalized spacial score (nSPS) is 11.7. The number of anilines is 1. The molecule has 156 valence electrons. The number of nitrogens with zero attached hydrogens (tertiary/aromatic N) is 4. The second kappa shape index (κ2) is 8.93. The lowest BCUT2D eigenvalue weighted by molar-refractivity contribution is -0.123. The van der Waals surface area contributed by atoms with E-state index in [2.05, 4.69) is 31.0 Å². The second-order valence-electron chi connectivity index (χ2n) is 8.60. The molecule has 0 atom stereocenters. The first-order valence-corrected chi connectivity index (χ1v) is 9.39. The van der Waals surface area contributed by atoms with E-state index in [9.17, 15) is 9.59 Å². The summed E-state index contributed by atoms with van der Waals surface area (Å²) in [5, 5.41) is 21.7. The van der Waals surface area contributed by atoms with Gasteiger partial charge in [0.25, 0.3) is 0 Å². The molecule has 1 heterocycles. The molecule has 0 saturated heterocycles. The van der Waals surface area contributed by atoms with E-state index in [4.69, 9.17) is 4.74 Å². The Balaban J connectivity index is 1.90. The highest BCUT2D eigenvalue weighted by molar-refractivity contribution is 5.94. The quantitative estimate of drug-likeness (QED) is 0.792. The fourth-order valence-electron chi connectivity index (χ4n) is 2.08. The minimum atomic E-state index is -0.545. The highest BCUT2D eigenvalue weighted by Gasteiger charge is 2.21. The zero-order valence-corrected chi connectivity index (χ0v) is 17.7. The van der Waals surface area contributed by atoms with Crippen LogP contribution in [0.15, 0.2) is 24.3 Å². The van der Waals surface area contributed by atoms with Crippen LogP contribution in [-0.4, -0.2) is 44.5 Å². The lowest BCUT2D eigenvalue weighted by Gasteiger charge is -2.19. The zero-order valence-electron chi connectivity index (χ0n) is 17.7. The van der Waals surface area contributed by atoms with Gasteiger partial charge in [0.15, 0.2) is 5.82 Å². The summed E-state index contributed by atoms with van der Waals surface area (Å²) in [5.41, 5.74) is 0.414. The summed E-state index contributed by atoms with van der Waals surface area (Å²) in [6.45, 7) is 11.3. The average Bonchev–Trinajstić information content (AvgIpc) is 2.61. The number of nitrogens with one attached hydrogen (secondary N) is 2. The predicted octanol–water partition coefficient (Wildman–Crippen LogP) is 2.99. The molecule has 2 rings (SSSR count). The minimum absolute atomic E-state index is 0.0609. The number of aromatic nitrogens is 4. The Hall–Kier alpha value is -3.10. The first-order valence-electron chi connectivity index (χ1n) is 9.39. The van der Waals surface area contributed by atoms with Crippen molar-refractivity contribution in [2.45, 2.75) is 53.6 Å². The van der Waals surface area contributed by atoms with Crippen molar-refractivity contribution in [3.63, 3.8) is 0 Å². The molecule has 9 heteroatoms. The molecule has 2 aromatic rings. The number of carbonyl (C=O) groups is 2. The third kappa shape index (κ3) is 7.44. The maximum atomic E-state index is 12.0. The second-order valence-corrected chi connectivity index (χ2v) is 8.60. The van der Waals surface area contributed by atoms with Gasteiger partial charge >= 0.3 is 6.09 Å². The van der Waals surface area contributed by atoms with E-state index >= 15 is 0 Å². The van der Waals surface area contributed by atoms with E-state index < -0.39 is 17.1 Å². The molecule has 2 N–H and O–H groups in total. The Morgan fingerprint density at radius 2 is 1.52 bits per heavy atom. The molecule has 0 spiro atoms. The summed E-state index contributed by atoms with van der Waals surface area (Å²) in [6.07, 6.45) is -0.106. The van der Waals surface area contributed by atoms with E-state index in [1.807, 2.05) is 20.8 Å². The Morgan fingerprint density at radius 3 is 2.03 bits per heavy atom. The fraction of sp³-hybridized carbons (Fsp3) is 0.500. The maximum Gasteiger partial charge on any atom is 0.407 e. The van der Waals surface area contributed by atoms with Crippen molar-refractivity contribution in [2.75, 3.05) is 11.9 Å². The molecule has 0 unspecified atom stereocenters. The monoisotopic (exact) mass is 400 g/mol. The molecule has 1 aromatic heterocycles. The van der Waals surface area contributed by atoms with Crippen LogP contribution >= 0.6 is 0 Å². The van der Waals surface area contributed by atoms with Crippen LogP contribution in [-0.2, 0) is 16.0 Å². The number of ether oxygens (including phenoxy) is 1. The molecule has 0 bridgehead atoms. The van der Waals surface area contributed by atoms with Crippen molar-refractivity contribution in [2.24, 2.45) is 5.41 Å². The van der Waals surface area contributed by atoms with Gasteiger partial charge in [-0.3, -0.25) is 4.79 Å². The fourth-order valence-corrected chi connectivity index (χ4v) is 2.08. The van der Waals surface area contributed by atoms with Crippen LogP contribution in [0.1, 0.15) is 47.4 Å². The molecular formula is C20H28N6O3. The van der Waals surface area contributed by atoms with E-state index in [1.165, 1.54) is 0 Å². The summed E-state index contributed by atoms with van der Waals surface area (Å²) in [7, 11) is 0. The number of carbonyl (C=O) groups excluding carboxylic acids is 2. The van der Waals surface area contributed by atoms with Gasteiger partial charge in [-0.2, -0.15) is 0 Å². The smallest absolute Gasteiger partial charge is 0.407 e. The average molecular weight is 400 g/mol. The van der Waals surface area contributed by atoms with Gasteiger partial charge in [-0.1, -0.05) is 20.8 Å². The van der Waals surface area contributed by atoms with Crippen LogP contribution in [0.5, 0.6) is 0 Å². The summed E-state index contributed by atoms with van der Waals surface area (Å²) in [6, 6.07) is 7.14.